The van der Waals surface area contributed by atoms with Crippen molar-refractivity contribution in [2.24, 2.45) is 23.7 Å². The van der Waals surface area contributed by atoms with Crippen LogP contribution in [0.3, 0.4) is 0 Å². The van der Waals surface area contributed by atoms with Gasteiger partial charge in [-0.15, -0.1) is 0 Å². The molecule has 0 radical (unpaired) electrons. The Hall–Kier alpha value is 0.310. The van der Waals surface area contributed by atoms with Crippen molar-refractivity contribution >= 4 is 11.8 Å². The summed E-state index contributed by atoms with van der Waals surface area (Å²) in [4.78, 5) is 3.27. The summed E-state index contributed by atoms with van der Waals surface area (Å²) in [5, 5.41) is 2.01. The Morgan fingerprint density at radius 3 is 2.25 bits per heavy atom. The van der Waals surface area contributed by atoms with Crippen LogP contribution in [-0.4, -0.2) is 33.5 Å². The van der Waals surface area contributed by atoms with Crippen molar-refractivity contribution in [2.45, 2.75) is 112 Å². The van der Waals surface area contributed by atoms with Crippen molar-refractivity contribution in [3.8, 4) is 0 Å². The van der Waals surface area contributed by atoms with Gasteiger partial charge in [0.15, 0.2) is 0 Å². The van der Waals surface area contributed by atoms with E-state index in [9.17, 15) is 0 Å². The first-order chi connectivity index (χ1) is 11.9. The molecule has 24 heavy (non-hydrogen) atoms. The number of nitrogens with zero attached hydrogens (tertiary/aromatic N) is 1. The van der Waals surface area contributed by atoms with E-state index in [0.29, 0.717) is 0 Å². The van der Waals surface area contributed by atoms with E-state index in [1.54, 1.807) is 57.8 Å². The molecule has 2 aliphatic heterocycles. The van der Waals surface area contributed by atoms with Crippen LogP contribution in [0.5, 0.6) is 0 Å². The molecule has 2 heterocycles. The van der Waals surface area contributed by atoms with Crippen LogP contribution < -0.4 is 0 Å². The maximum absolute atomic E-state index is 3.27. The van der Waals surface area contributed by atoms with Crippen LogP contribution in [0.15, 0.2) is 0 Å². The van der Waals surface area contributed by atoms with Crippen LogP contribution in [-0.2, 0) is 0 Å². The summed E-state index contributed by atoms with van der Waals surface area (Å²) in [6, 6.07) is 2.96. The van der Waals surface area contributed by atoms with E-state index in [1.807, 2.05) is 0 Å². The highest BCUT2D eigenvalue weighted by Crippen LogP contribution is 2.60. The fourth-order valence-corrected chi connectivity index (χ4v) is 10.6. The molecule has 0 aromatic rings. The van der Waals surface area contributed by atoms with Gasteiger partial charge < -0.3 is 0 Å². The number of rotatable bonds is 0. The minimum atomic E-state index is 0.970. The van der Waals surface area contributed by atoms with Gasteiger partial charge in [-0.25, -0.2) is 0 Å². The Balaban J connectivity index is 1.43. The highest BCUT2D eigenvalue weighted by molar-refractivity contribution is 8.00. The molecule has 134 valence electrons. The van der Waals surface area contributed by atoms with Crippen LogP contribution in [0, 0.1) is 23.7 Å². The molecule has 6 rings (SSSR count). The molecule has 9 unspecified atom stereocenters. The molecule has 9 atom stereocenters. The minimum Gasteiger partial charge on any atom is -0.292 e. The highest BCUT2D eigenvalue weighted by Gasteiger charge is 2.59. The molecule has 0 aromatic carbocycles. The lowest BCUT2D eigenvalue weighted by molar-refractivity contribution is -0.138. The number of thioether (sulfide) groups is 1. The summed E-state index contributed by atoms with van der Waals surface area (Å²) in [5.41, 5.74) is 0. The molecule has 6 aliphatic rings. The second-order valence-electron chi connectivity index (χ2n) is 10.0. The van der Waals surface area contributed by atoms with E-state index in [0.717, 1.165) is 52.3 Å². The first-order valence-electron chi connectivity index (χ1n) is 11.3. The molecule has 0 amide bonds. The topological polar surface area (TPSA) is 3.24 Å². The molecule has 2 saturated heterocycles. The molecule has 0 bridgehead atoms. The van der Waals surface area contributed by atoms with Crippen LogP contribution >= 0.6 is 11.8 Å². The van der Waals surface area contributed by atoms with Crippen molar-refractivity contribution < 1.29 is 0 Å². The lowest BCUT2D eigenvalue weighted by Crippen LogP contribution is -2.72. The van der Waals surface area contributed by atoms with Gasteiger partial charge in [0, 0.05) is 28.6 Å². The van der Waals surface area contributed by atoms with Gasteiger partial charge in [0.2, 0.25) is 0 Å². The number of fused-ring (bicyclic) bond motifs is 4. The summed E-state index contributed by atoms with van der Waals surface area (Å²) in [7, 11) is 0. The summed E-state index contributed by atoms with van der Waals surface area (Å²) >= 11 is 2.49. The van der Waals surface area contributed by atoms with E-state index in [2.05, 4.69) is 16.7 Å². The van der Waals surface area contributed by atoms with Gasteiger partial charge in [-0.1, -0.05) is 44.9 Å². The average molecular weight is 346 g/mol. The second kappa shape index (κ2) is 5.91. The standard InChI is InChI=1S/C22H35NS/c1-2-12-19-17(10-1)23-18-11-4-7-14-6-3-8-15(21(14)18)16-9-5-13-20(24-19)22(16)23/h14-22H,1-13H2. The van der Waals surface area contributed by atoms with Crippen molar-refractivity contribution in [1.29, 1.82) is 0 Å². The monoisotopic (exact) mass is 345 g/mol. The van der Waals surface area contributed by atoms with E-state index >= 15 is 0 Å². The zero-order valence-electron chi connectivity index (χ0n) is 15.2. The Bertz CT molecular complexity index is 490. The SMILES string of the molecule is C1CCC2C(C1)SC1CCCC3C4CCCC5CCCC(C54)N2C13. The highest BCUT2D eigenvalue weighted by atomic mass is 32.2. The van der Waals surface area contributed by atoms with E-state index in [1.165, 1.54) is 25.7 Å². The number of hydrogen-bond donors (Lipinski definition) is 0. The molecule has 1 nitrogen and oxygen atoms in total. The average Bonchev–Trinajstić information content (AvgIpc) is 2.64. The van der Waals surface area contributed by atoms with Crippen molar-refractivity contribution in [2.75, 3.05) is 0 Å². The normalized spacial score (nSPS) is 56.8. The summed E-state index contributed by atoms with van der Waals surface area (Å²) in [6.45, 7) is 0. The largest absolute Gasteiger partial charge is 0.292 e. The van der Waals surface area contributed by atoms with Crippen molar-refractivity contribution in [3.63, 3.8) is 0 Å². The van der Waals surface area contributed by atoms with Crippen LogP contribution in [0.25, 0.3) is 0 Å². The van der Waals surface area contributed by atoms with Gasteiger partial charge >= 0.3 is 0 Å². The van der Waals surface area contributed by atoms with Crippen LogP contribution in [0.2, 0.25) is 0 Å². The zero-order chi connectivity index (χ0) is 15.7. The Labute approximate surface area is 152 Å². The lowest BCUT2D eigenvalue weighted by atomic mass is 9.53. The summed E-state index contributed by atoms with van der Waals surface area (Å²) < 4.78 is 0. The molecule has 4 saturated carbocycles. The van der Waals surface area contributed by atoms with Crippen molar-refractivity contribution in [1.82, 2.24) is 4.90 Å². The van der Waals surface area contributed by atoms with Crippen LogP contribution in [0.1, 0.15) is 83.5 Å². The lowest BCUT2D eigenvalue weighted by Gasteiger charge is -2.67. The maximum atomic E-state index is 3.27. The van der Waals surface area contributed by atoms with E-state index in [-0.39, 0.29) is 0 Å². The van der Waals surface area contributed by atoms with Gasteiger partial charge in [0.25, 0.3) is 0 Å². The third-order valence-corrected chi connectivity index (χ3v) is 11.0. The zero-order valence-corrected chi connectivity index (χ0v) is 16.1. The van der Waals surface area contributed by atoms with Gasteiger partial charge in [-0.05, 0) is 62.2 Å². The smallest absolute Gasteiger partial charge is 0.0252 e. The molecule has 0 spiro atoms. The third-order valence-electron chi connectivity index (χ3n) is 9.19. The Morgan fingerprint density at radius 1 is 0.583 bits per heavy atom. The van der Waals surface area contributed by atoms with Crippen LogP contribution in [0.4, 0.5) is 0 Å². The van der Waals surface area contributed by atoms with Crippen molar-refractivity contribution in [3.05, 3.63) is 0 Å². The molecule has 6 fully saturated rings. The first kappa shape index (κ1) is 15.4. The summed E-state index contributed by atoms with van der Waals surface area (Å²) in [5.74, 6) is 4.43. The third kappa shape index (κ3) is 2.11. The Morgan fingerprint density at radius 2 is 1.29 bits per heavy atom. The molecule has 4 aliphatic carbocycles. The Kier molecular flexibility index (Phi) is 3.79. The molecule has 2 heteroatoms. The number of piperidine rings is 1. The van der Waals surface area contributed by atoms with E-state index < -0.39 is 0 Å². The second-order valence-corrected chi connectivity index (χ2v) is 11.5. The van der Waals surface area contributed by atoms with Gasteiger partial charge in [-0.2, -0.15) is 11.8 Å². The number of hydrogen-bond acceptors (Lipinski definition) is 2. The van der Waals surface area contributed by atoms with Gasteiger partial charge in [-0.3, -0.25) is 4.90 Å². The molecular weight excluding hydrogens is 310 g/mol. The molecule has 0 N–H and O–H groups in total. The fourth-order valence-electron chi connectivity index (χ4n) is 8.61. The van der Waals surface area contributed by atoms with Gasteiger partial charge in [0.05, 0.1) is 0 Å². The molecule has 0 aromatic heterocycles. The van der Waals surface area contributed by atoms with E-state index in [4.69, 9.17) is 0 Å². The molecular formula is C22H35NS. The predicted octanol–water partition coefficient (Wildman–Crippen LogP) is 5.48. The quantitative estimate of drug-likeness (QED) is 0.572. The fraction of sp³-hybridized carbons (Fsp3) is 1.00. The predicted molar refractivity (Wildman–Crippen MR) is 102 cm³/mol. The summed E-state index contributed by atoms with van der Waals surface area (Å²) in [6.07, 6.45) is 20.2. The minimum absolute atomic E-state index is 0.970. The van der Waals surface area contributed by atoms with Gasteiger partial charge in [0.1, 0.15) is 0 Å². The first-order valence-corrected chi connectivity index (χ1v) is 12.3. The maximum Gasteiger partial charge on any atom is 0.0252 e.